The van der Waals surface area contributed by atoms with Gasteiger partial charge in [-0.2, -0.15) is 0 Å². The average Bonchev–Trinajstić information content (AvgIpc) is 2.93. The van der Waals surface area contributed by atoms with Gasteiger partial charge in [0.25, 0.3) is 0 Å². The number of aryl methyl sites for hydroxylation is 1. The molecule has 0 radical (unpaired) electrons. The lowest BCUT2D eigenvalue weighted by molar-refractivity contribution is 0.0527. The quantitative estimate of drug-likeness (QED) is 0.539. The van der Waals surface area contributed by atoms with Gasteiger partial charge < -0.3 is 20.1 Å². The molecular weight excluding hydrogens is 384 g/mol. The Bertz CT molecular complexity index is 844. The summed E-state index contributed by atoms with van der Waals surface area (Å²) >= 11 is 6.46. The summed E-state index contributed by atoms with van der Waals surface area (Å²) in [6.45, 7) is 7.62. The van der Waals surface area contributed by atoms with Crippen molar-refractivity contribution in [2.24, 2.45) is 0 Å². The fourth-order valence-corrected chi connectivity index (χ4v) is 3.72. The lowest BCUT2D eigenvalue weighted by atomic mass is 10.1. The number of hydrogen-bond acceptors (Lipinski definition) is 6. The van der Waals surface area contributed by atoms with Gasteiger partial charge in [-0.25, -0.2) is 9.59 Å². The van der Waals surface area contributed by atoms with Gasteiger partial charge in [0.05, 0.1) is 18.8 Å². The third kappa shape index (κ3) is 5.27. The second-order valence-electron chi connectivity index (χ2n) is 5.65. The second-order valence-corrected chi connectivity index (χ2v) is 7.08. The zero-order chi connectivity index (χ0) is 20.0. The molecule has 0 saturated heterocycles. The number of carbonyl (C=O) groups is 2. The minimum absolute atomic E-state index is 0.231. The maximum absolute atomic E-state index is 12.4. The number of anilines is 2. The Labute approximate surface area is 167 Å². The van der Waals surface area contributed by atoms with Crippen molar-refractivity contribution in [3.63, 3.8) is 0 Å². The summed E-state index contributed by atoms with van der Waals surface area (Å²) in [4.78, 5) is 24.9. The Morgan fingerprint density at radius 1 is 1.00 bits per heavy atom. The highest BCUT2D eigenvalue weighted by molar-refractivity contribution is 7.80. The molecular formula is C19H22N2O4S2. The number of hydrogen-bond donors (Lipinski definition) is 2. The van der Waals surface area contributed by atoms with E-state index in [1.165, 1.54) is 0 Å². The van der Waals surface area contributed by atoms with Crippen molar-refractivity contribution in [1.29, 1.82) is 0 Å². The number of carbonyl (C=O) groups excluding carboxylic acids is 2. The van der Waals surface area contributed by atoms with Crippen molar-refractivity contribution >= 4 is 51.3 Å². The molecule has 0 fully saturated rings. The van der Waals surface area contributed by atoms with Crippen LogP contribution in [0.1, 0.15) is 45.0 Å². The van der Waals surface area contributed by atoms with Crippen LogP contribution in [-0.2, 0) is 9.47 Å². The molecule has 144 valence electrons. The lowest BCUT2D eigenvalue weighted by Crippen LogP contribution is -2.20. The molecule has 2 N–H and O–H groups in total. The molecule has 6 nitrogen and oxygen atoms in total. The number of esters is 2. The summed E-state index contributed by atoms with van der Waals surface area (Å²) in [5.74, 6) is -0.988. The molecule has 2 aromatic rings. The summed E-state index contributed by atoms with van der Waals surface area (Å²) in [7, 11) is 0. The summed E-state index contributed by atoms with van der Waals surface area (Å²) in [5.41, 5.74) is 2.75. The highest BCUT2D eigenvalue weighted by Crippen LogP contribution is 2.34. The monoisotopic (exact) mass is 406 g/mol. The van der Waals surface area contributed by atoms with Gasteiger partial charge in [0.1, 0.15) is 9.88 Å². The molecule has 0 amide bonds. The van der Waals surface area contributed by atoms with Crippen LogP contribution < -0.4 is 10.6 Å². The second kappa shape index (κ2) is 9.48. The molecule has 0 unspecified atom stereocenters. The topological polar surface area (TPSA) is 76.7 Å². The smallest absolute Gasteiger partial charge is 0.348 e. The van der Waals surface area contributed by atoms with Gasteiger partial charge in [-0.1, -0.05) is 17.7 Å². The van der Waals surface area contributed by atoms with E-state index in [4.69, 9.17) is 21.7 Å². The van der Waals surface area contributed by atoms with E-state index < -0.39 is 11.9 Å². The summed E-state index contributed by atoms with van der Waals surface area (Å²) in [6, 6.07) is 7.73. The Morgan fingerprint density at radius 2 is 1.59 bits per heavy atom. The molecule has 0 aliphatic carbocycles. The standard InChI is InChI=1S/C19H22N2O4S2/c1-5-24-17(22)14-12(4)15(18(23)25-6-2)27-16(14)21-19(26)20-13-9-7-11(3)8-10-13/h7-10H,5-6H2,1-4H3,(H2,20,21,26). The Hall–Kier alpha value is -2.45. The van der Waals surface area contributed by atoms with Crippen LogP contribution in [0.25, 0.3) is 0 Å². The predicted molar refractivity (Wildman–Crippen MR) is 112 cm³/mol. The first-order chi connectivity index (χ1) is 12.9. The zero-order valence-corrected chi connectivity index (χ0v) is 17.3. The summed E-state index contributed by atoms with van der Waals surface area (Å²) in [5, 5.41) is 6.81. The minimum atomic E-state index is -0.512. The van der Waals surface area contributed by atoms with Crippen LogP contribution in [0.2, 0.25) is 0 Å². The molecule has 0 aliphatic heterocycles. The number of thiocarbonyl (C=S) groups is 1. The molecule has 8 heteroatoms. The van der Waals surface area contributed by atoms with Gasteiger partial charge in [0, 0.05) is 5.69 Å². The molecule has 0 saturated carbocycles. The van der Waals surface area contributed by atoms with E-state index in [1.807, 2.05) is 31.2 Å². The number of rotatable bonds is 6. The Morgan fingerprint density at radius 3 is 2.19 bits per heavy atom. The van der Waals surface area contributed by atoms with Crippen LogP contribution in [-0.4, -0.2) is 30.3 Å². The van der Waals surface area contributed by atoms with Gasteiger partial charge in [-0.05, 0) is 57.6 Å². The van der Waals surface area contributed by atoms with Crippen molar-refractivity contribution in [2.45, 2.75) is 27.7 Å². The Balaban J connectivity index is 2.28. The van der Waals surface area contributed by atoms with Crippen molar-refractivity contribution in [2.75, 3.05) is 23.8 Å². The van der Waals surface area contributed by atoms with E-state index in [-0.39, 0.29) is 18.8 Å². The third-order valence-electron chi connectivity index (χ3n) is 3.62. The summed E-state index contributed by atoms with van der Waals surface area (Å²) < 4.78 is 10.2. The maximum Gasteiger partial charge on any atom is 0.348 e. The molecule has 1 aromatic carbocycles. The fraction of sp³-hybridized carbons (Fsp3) is 0.316. The average molecular weight is 407 g/mol. The number of ether oxygens (including phenoxy) is 2. The number of benzene rings is 1. The normalized spacial score (nSPS) is 10.2. The molecule has 1 aromatic heterocycles. The van der Waals surface area contributed by atoms with Crippen molar-refractivity contribution < 1.29 is 19.1 Å². The van der Waals surface area contributed by atoms with Gasteiger partial charge in [0.2, 0.25) is 0 Å². The van der Waals surface area contributed by atoms with E-state index in [9.17, 15) is 9.59 Å². The first-order valence-corrected chi connectivity index (χ1v) is 9.72. The van der Waals surface area contributed by atoms with Crippen LogP contribution in [0.3, 0.4) is 0 Å². The van der Waals surface area contributed by atoms with Crippen molar-refractivity contribution in [3.05, 3.63) is 45.8 Å². The van der Waals surface area contributed by atoms with E-state index >= 15 is 0 Å². The van der Waals surface area contributed by atoms with Crippen molar-refractivity contribution in [3.8, 4) is 0 Å². The lowest BCUT2D eigenvalue weighted by Gasteiger charge is -2.11. The van der Waals surface area contributed by atoms with E-state index in [2.05, 4.69) is 10.6 Å². The highest BCUT2D eigenvalue weighted by atomic mass is 32.1. The van der Waals surface area contributed by atoms with Crippen LogP contribution in [0.15, 0.2) is 24.3 Å². The third-order valence-corrected chi connectivity index (χ3v) is 5.02. The highest BCUT2D eigenvalue weighted by Gasteiger charge is 2.26. The Kier molecular flexibility index (Phi) is 7.32. The number of thiophene rings is 1. The van der Waals surface area contributed by atoms with E-state index in [0.717, 1.165) is 22.6 Å². The first-order valence-electron chi connectivity index (χ1n) is 8.49. The molecule has 1 heterocycles. The fourth-order valence-electron chi connectivity index (χ4n) is 2.34. The summed E-state index contributed by atoms with van der Waals surface area (Å²) in [6.07, 6.45) is 0. The van der Waals surface area contributed by atoms with E-state index in [1.54, 1.807) is 20.8 Å². The van der Waals surface area contributed by atoms with Gasteiger partial charge >= 0.3 is 11.9 Å². The SMILES string of the molecule is CCOC(=O)c1sc(NC(=S)Nc2ccc(C)cc2)c(C(=O)OCC)c1C. The van der Waals surface area contributed by atoms with Crippen LogP contribution in [0.4, 0.5) is 10.7 Å². The molecule has 27 heavy (non-hydrogen) atoms. The molecule has 0 spiro atoms. The van der Waals surface area contributed by atoms with Gasteiger partial charge in [-0.15, -0.1) is 11.3 Å². The largest absolute Gasteiger partial charge is 0.462 e. The zero-order valence-electron chi connectivity index (χ0n) is 15.7. The van der Waals surface area contributed by atoms with Crippen LogP contribution in [0, 0.1) is 13.8 Å². The van der Waals surface area contributed by atoms with Gasteiger partial charge in [-0.3, -0.25) is 0 Å². The van der Waals surface area contributed by atoms with Crippen LogP contribution in [0.5, 0.6) is 0 Å². The van der Waals surface area contributed by atoms with Crippen LogP contribution >= 0.6 is 23.6 Å². The minimum Gasteiger partial charge on any atom is -0.462 e. The molecule has 0 bridgehead atoms. The maximum atomic E-state index is 12.4. The molecule has 0 atom stereocenters. The van der Waals surface area contributed by atoms with E-state index in [0.29, 0.717) is 20.6 Å². The predicted octanol–water partition coefficient (Wildman–Crippen LogP) is 4.53. The van der Waals surface area contributed by atoms with Gasteiger partial charge in [0.15, 0.2) is 5.11 Å². The molecule has 2 rings (SSSR count). The molecule has 0 aliphatic rings. The number of nitrogens with one attached hydrogen (secondary N) is 2. The van der Waals surface area contributed by atoms with Crippen molar-refractivity contribution in [1.82, 2.24) is 0 Å². The first kappa shape index (κ1) is 20.9.